The second-order valence-corrected chi connectivity index (χ2v) is 6.41. The molecule has 2 aromatic carbocycles. The minimum absolute atomic E-state index is 0.0423. The predicted molar refractivity (Wildman–Crippen MR) is 90.9 cm³/mol. The number of aromatic hydroxyl groups is 1. The lowest BCUT2D eigenvalue weighted by molar-refractivity contribution is 0.0836. The fourth-order valence-electron chi connectivity index (χ4n) is 2.75. The Balaban J connectivity index is 1.87. The lowest BCUT2D eigenvalue weighted by Crippen LogP contribution is -2.32. The molecule has 0 saturated heterocycles. The van der Waals surface area contributed by atoms with Gasteiger partial charge in [0, 0.05) is 5.56 Å². The highest BCUT2D eigenvalue weighted by molar-refractivity contribution is 6.09. The fraction of sp³-hybridized carbons (Fsp3) is 0.250. The lowest BCUT2D eigenvalue weighted by Gasteiger charge is -2.33. The normalized spacial score (nSPS) is 15.9. The predicted octanol–water partition coefficient (Wildman–Crippen LogP) is 4.39. The van der Waals surface area contributed by atoms with Crippen LogP contribution in [0.4, 0.5) is 0 Å². The van der Waals surface area contributed by atoms with E-state index in [0.29, 0.717) is 17.7 Å². The van der Waals surface area contributed by atoms with Gasteiger partial charge in [-0.25, -0.2) is 0 Å². The molecule has 0 aromatic heterocycles. The zero-order valence-corrected chi connectivity index (χ0v) is 13.4. The third-order valence-electron chi connectivity index (χ3n) is 4.10. The molecular formula is C20H20O3. The number of phenolic OH excluding ortho intramolecular Hbond substituents is 1. The average Bonchev–Trinajstić information content (AvgIpc) is 2.53. The summed E-state index contributed by atoms with van der Waals surface area (Å²) >= 11 is 0. The summed E-state index contributed by atoms with van der Waals surface area (Å²) in [5.41, 5.74) is 1.75. The van der Waals surface area contributed by atoms with Gasteiger partial charge in [-0.2, -0.15) is 0 Å². The van der Waals surface area contributed by atoms with Crippen LogP contribution in [0.2, 0.25) is 0 Å². The Kier molecular flexibility index (Phi) is 3.95. The first-order valence-corrected chi connectivity index (χ1v) is 7.78. The molecule has 2 aromatic rings. The summed E-state index contributed by atoms with van der Waals surface area (Å²) in [5, 5.41) is 10.4. The minimum atomic E-state index is -0.238. The van der Waals surface area contributed by atoms with Crippen molar-refractivity contribution in [2.45, 2.75) is 32.3 Å². The number of fused-ring (bicyclic) bond motifs is 1. The lowest BCUT2D eigenvalue weighted by atomic mass is 9.91. The van der Waals surface area contributed by atoms with Crippen molar-refractivity contribution in [3.05, 3.63) is 65.2 Å². The first-order chi connectivity index (χ1) is 11.0. The zero-order valence-electron chi connectivity index (χ0n) is 13.4. The Labute approximate surface area is 136 Å². The van der Waals surface area contributed by atoms with Crippen molar-refractivity contribution < 1.29 is 14.6 Å². The second kappa shape index (κ2) is 5.92. The van der Waals surface area contributed by atoms with Crippen molar-refractivity contribution >= 4 is 11.9 Å². The van der Waals surface area contributed by atoms with Crippen LogP contribution in [0.15, 0.2) is 48.5 Å². The van der Waals surface area contributed by atoms with Crippen LogP contribution >= 0.6 is 0 Å². The van der Waals surface area contributed by atoms with Crippen LogP contribution in [0.1, 0.15) is 41.8 Å². The van der Waals surface area contributed by atoms with Crippen molar-refractivity contribution in [3.8, 4) is 11.5 Å². The van der Waals surface area contributed by atoms with Crippen LogP contribution in [0, 0.1) is 0 Å². The van der Waals surface area contributed by atoms with Gasteiger partial charge in [0.15, 0.2) is 5.78 Å². The van der Waals surface area contributed by atoms with Crippen molar-refractivity contribution in [1.29, 1.82) is 0 Å². The third-order valence-corrected chi connectivity index (χ3v) is 4.10. The van der Waals surface area contributed by atoms with E-state index in [0.717, 1.165) is 17.5 Å². The number of rotatable bonds is 3. The second-order valence-electron chi connectivity index (χ2n) is 6.41. The van der Waals surface area contributed by atoms with E-state index in [2.05, 4.69) is 0 Å². The van der Waals surface area contributed by atoms with Crippen LogP contribution in [-0.2, 0) is 6.42 Å². The maximum absolute atomic E-state index is 12.4. The van der Waals surface area contributed by atoms with Gasteiger partial charge in [-0.15, -0.1) is 0 Å². The summed E-state index contributed by atoms with van der Waals surface area (Å²) < 4.78 is 5.87. The summed E-state index contributed by atoms with van der Waals surface area (Å²) in [5.74, 6) is 0.502. The maximum atomic E-state index is 12.4. The molecule has 3 nitrogen and oxygen atoms in total. The van der Waals surface area contributed by atoms with Gasteiger partial charge in [0.25, 0.3) is 0 Å². The van der Waals surface area contributed by atoms with Gasteiger partial charge in [-0.3, -0.25) is 4.79 Å². The summed E-state index contributed by atoms with van der Waals surface area (Å²) in [6.45, 7) is 4.04. The van der Waals surface area contributed by atoms with Gasteiger partial charge < -0.3 is 9.84 Å². The number of ether oxygens (including phenoxy) is 1. The largest absolute Gasteiger partial charge is 0.507 e. The number of allylic oxidation sites excluding steroid dienone is 1. The molecule has 3 rings (SSSR count). The van der Waals surface area contributed by atoms with Gasteiger partial charge in [0.05, 0.1) is 5.56 Å². The van der Waals surface area contributed by atoms with E-state index < -0.39 is 0 Å². The van der Waals surface area contributed by atoms with E-state index >= 15 is 0 Å². The highest BCUT2D eigenvalue weighted by atomic mass is 16.5. The van der Waals surface area contributed by atoms with Crippen LogP contribution < -0.4 is 4.74 Å². The van der Waals surface area contributed by atoms with Gasteiger partial charge in [-0.1, -0.05) is 36.4 Å². The maximum Gasteiger partial charge on any atom is 0.189 e. The van der Waals surface area contributed by atoms with Gasteiger partial charge in [0.1, 0.15) is 17.1 Å². The molecule has 0 aliphatic carbocycles. The van der Waals surface area contributed by atoms with E-state index in [9.17, 15) is 9.90 Å². The molecule has 0 radical (unpaired) electrons. The first kappa shape index (κ1) is 15.3. The summed E-state index contributed by atoms with van der Waals surface area (Å²) in [6.07, 6.45) is 4.76. The molecule has 3 heteroatoms. The SMILES string of the molecule is CC1(C)CCc2c(ccc(C(=O)C=Cc3ccccc3)c2O)O1. The average molecular weight is 308 g/mol. The van der Waals surface area contributed by atoms with Crippen molar-refractivity contribution in [2.75, 3.05) is 0 Å². The Morgan fingerprint density at radius 3 is 2.65 bits per heavy atom. The molecule has 1 N–H and O–H groups in total. The Morgan fingerprint density at radius 2 is 1.91 bits per heavy atom. The van der Waals surface area contributed by atoms with Crippen molar-refractivity contribution in [3.63, 3.8) is 0 Å². The molecule has 23 heavy (non-hydrogen) atoms. The number of ketones is 1. The Bertz CT molecular complexity index is 758. The van der Waals surface area contributed by atoms with Gasteiger partial charge >= 0.3 is 0 Å². The molecule has 0 unspecified atom stereocenters. The van der Waals surface area contributed by atoms with E-state index in [1.54, 1.807) is 18.2 Å². The van der Waals surface area contributed by atoms with Crippen molar-refractivity contribution in [2.24, 2.45) is 0 Å². The zero-order chi connectivity index (χ0) is 16.4. The summed E-state index contributed by atoms with van der Waals surface area (Å²) in [6, 6.07) is 13.0. The molecule has 0 fully saturated rings. The Morgan fingerprint density at radius 1 is 1.17 bits per heavy atom. The number of carbonyl (C=O) groups excluding carboxylic acids is 1. The standard InChI is InChI=1S/C20H20O3/c1-20(2)13-12-16-18(23-20)11-9-15(19(16)22)17(21)10-8-14-6-4-3-5-7-14/h3-11,22H,12-13H2,1-2H3. The van der Waals surface area contributed by atoms with Crippen LogP contribution in [0.25, 0.3) is 6.08 Å². The van der Waals surface area contributed by atoms with E-state index in [1.807, 2.05) is 44.2 Å². The number of benzene rings is 2. The first-order valence-electron chi connectivity index (χ1n) is 7.78. The summed E-state index contributed by atoms with van der Waals surface area (Å²) in [7, 11) is 0. The van der Waals surface area contributed by atoms with Crippen molar-refractivity contribution in [1.82, 2.24) is 0 Å². The number of hydrogen-bond donors (Lipinski definition) is 1. The fourth-order valence-corrected chi connectivity index (χ4v) is 2.75. The molecule has 118 valence electrons. The monoisotopic (exact) mass is 308 g/mol. The van der Waals surface area contributed by atoms with Crippen LogP contribution in [0.5, 0.6) is 11.5 Å². The number of phenols is 1. The quantitative estimate of drug-likeness (QED) is 0.675. The number of hydrogen-bond acceptors (Lipinski definition) is 3. The third kappa shape index (κ3) is 3.29. The molecule has 0 bridgehead atoms. The molecule has 0 atom stereocenters. The molecule has 0 amide bonds. The molecule has 0 spiro atoms. The topological polar surface area (TPSA) is 46.5 Å². The van der Waals surface area contributed by atoms with E-state index in [-0.39, 0.29) is 17.1 Å². The van der Waals surface area contributed by atoms with E-state index in [1.165, 1.54) is 6.08 Å². The van der Waals surface area contributed by atoms with Gasteiger partial charge in [-0.05, 0) is 50.5 Å². The smallest absolute Gasteiger partial charge is 0.189 e. The van der Waals surface area contributed by atoms with Crippen LogP contribution in [-0.4, -0.2) is 16.5 Å². The molecular weight excluding hydrogens is 288 g/mol. The minimum Gasteiger partial charge on any atom is -0.507 e. The summed E-state index contributed by atoms with van der Waals surface area (Å²) in [4.78, 5) is 12.4. The molecule has 0 saturated carbocycles. The van der Waals surface area contributed by atoms with Crippen LogP contribution in [0.3, 0.4) is 0 Å². The Hall–Kier alpha value is -2.55. The van der Waals surface area contributed by atoms with Gasteiger partial charge in [0.2, 0.25) is 0 Å². The molecule has 1 aliphatic rings. The highest BCUT2D eigenvalue weighted by Crippen LogP contribution is 2.39. The van der Waals surface area contributed by atoms with E-state index in [4.69, 9.17) is 4.74 Å². The highest BCUT2D eigenvalue weighted by Gasteiger charge is 2.29. The number of carbonyl (C=O) groups is 1. The molecule has 1 aliphatic heterocycles. The molecule has 1 heterocycles.